The van der Waals surface area contributed by atoms with Crippen LogP contribution in [0, 0.1) is 0 Å². The average molecular weight is 236 g/mol. The van der Waals surface area contributed by atoms with Gasteiger partial charge in [-0.1, -0.05) is 13.2 Å². The molecular formula is C12H12O5. The molecule has 1 rings (SSSR count). The van der Waals surface area contributed by atoms with Crippen molar-refractivity contribution in [2.45, 2.75) is 6.10 Å². The van der Waals surface area contributed by atoms with Gasteiger partial charge in [0.2, 0.25) is 0 Å². The number of furan rings is 1. The molecule has 5 heteroatoms. The normalized spacial score (nSPS) is 11.4. The van der Waals surface area contributed by atoms with E-state index in [4.69, 9.17) is 9.15 Å². The summed E-state index contributed by atoms with van der Waals surface area (Å²) in [5.74, 6) is -1.07. The molecule has 5 nitrogen and oxygen atoms in total. The van der Waals surface area contributed by atoms with Crippen LogP contribution in [0.4, 0.5) is 0 Å². The minimum absolute atomic E-state index is 0.0300. The summed E-state index contributed by atoms with van der Waals surface area (Å²) in [5, 5.41) is 0. The van der Waals surface area contributed by atoms with Crippen molar-refractivity contribution in [2.24, 2.45) is 0 Å². The SMILES string of the molecule is C=CC(=O)OC(C(=C)C(=O)OC)c1ccco1. The number of methoxy groups -OCH3 is 1. The summed E-state index contributed by atoms with van der Waals surface area (Å²) in [6, 6.07) is 3.17. The van der Waals surface area contributed by atoms with E-state index in [1.54, 1.807) is 12.1 Å². The zero-order valence-corrected chi connectivity index (χ0v) is 9.34. The Morgan fingerprint density at radius 2 is 2.24 bits per heavy atom. The Balaban J connectivity index is 2.94. The smallest absolute Gasteiger partial charge is 0.337 e. The third-order valence-electron chi connectivity index (χ3n) is 1.97. The quantitative estimate of drug-likeness (QED) is 0.576. The fourth-order valence-corrected chi connectivity index (χ4v) is 1.14. The van der Waals surface area contributed by atoms with Crippen molar-refractivity contribution < 1.29 is 23.5 Å². The Morgan fingerprint density at radius 1 is 1.53 bits per heavy atom. The maximum atomic E-state index is 11.3. The molecule has 1 aromatic rings. The topological polar surface area (TPSA) is 65.7 Å². The predicted octanol–water partition coefficient (Wildman–Crippen LogP) is 1.78. The van der Waals surface area contributed by atoms with Crippen LogP contribution in [0.2, 0.25) is 0 Å². The van der Waals surface area contributed by atoms with E-state index < -0.39 is 18.0 Å². The van der Waals surface area contributed by atoms with Gasteiger partial charge in [-0.25, -0.2) is 9.59 Å². The van der Waals surface area contributed by atoms with Crippen LogP contribution in [0.25, 0.3) is 0 Å². The summed E-state index contributed by atoms with van der Waals surface area (Å²) in [7, 11) is 1.21. The zero-order valence-electron chi connectivity index (χ0n) is 9.34. The van der Waals surface area contributed by atoms with Gasteiger partial charge in [0.25, 0.3) is 0 Å². The number of carbonyl (C=O) groups excluding carboxylic acids is 2. The first-order valence-electron chi connectivity index (χ1n) is 4.73. The molecule has 0 aromatic carbocycles. The highest BCUT2D eigenvalue weighted by Crippen LogP contribution is 2.26. The fourth-order valence-electron chi connectivity index (χ4n) is 1.14. The summed E-state index contributed by atoms with van der Waals surface area (Å²) in [6.07, 6.45) is 1.37. The molecule has 17 heavy (non-hydrogen) atoms. The maximum Gasteiger partial charge on any atom is 0.337 e. The molecule has 0 radical (unpaired) electrons. The Bertz CT molecular complexity index is 430. The second kappa shape index (κ2) is 5.69. The minimum atomic E-state index is -1.01. The van der Waals surface area contributed by atoms with E-state index in [9.17, 15) is 9.59 Å². The fraction of sp³-hybridized carbons (Fsp3) is 0.167. The average Bonchev–Trinajstić information content (AvgIpc) is 2.87. The highest BCUT2D eigenvalue weighted by molar-refractivity contribution is 5.90. The summed E-state index contributed by atoms with van der Waals surface area (Å²) in [6.45, 7) is 6.79. The Labute approximate surface area is 98.3 Å². The van der Waals surface area contributed by atoms with Gasteiger partial charge in [0.1, 0.15) is 5.76 Å². The van der Waals surface area contributed by atoms with E-state index in [1.165, 1.54) is 13.4 Å². The number of rotatable bonds is 5. The van der Waals surface area contributed by atoms with Crippen LogP contribution in [0.15, 0.2) is 47.6 Å². The Hall–Kier alpha value is -2.30. The van der Waals surface area contributed by atoms with Crippen molar-refractivity contribution in [1.29, 1.82) is 0 Å². The summed E-state index contributed by atoms with van der Waals surface area (Å²) in [4.78, 5) is 22.5. The van der Waals surface area contributed by atoms with Crippen molar-refractivity contribution in [3.63, 3.8) is 0 Å². The van der Waals surface area contributed by atoms with E-state index in [1.807, 2.05) is 0 Å². The molecule has 0 amide bonds. The van der Waals surface area contributed by atoms with Crippen LogP contribution < -0.4 is 0 Å². The molecular weight excluding hydrogens is 224 g/mol. The van der Waals surface area contributed by atoms with Crippen LogP contribution in [0.5, 0.6) is 0 Å². The lowest BCUT2D eigenvalue weighted by atomic mass is 10.1. The van der Waals surface area contributed by atoms with Crippen LogP contribution in [-0.2, 0) is 19.1 Å². The van der Waals surface area contributed by atoms with Crippen LogP contribution >= 0.6 is 0 Å². The zero-order chi connectivity index (χ0) is 12.8. The maximum absolute atomic E-state index is 11.3. The van der Waals surface area contributed by atoms with Crippen LogP contribution in [0.3, 0.4) is 0 Å². The molecule has 0 aliphatic carbocycles. The number of hydrogen-bond acceptors (Lipinski definition) is 5. The molecule has 1 aromatic heterocycles. The van der Waals surface area contributed by atoms with Gasteiger partial charge in [-0.2, -0.15) is 0 Å². The minimum Gasteiger partial charge on any atom is -0.466 e. The van der Waals surface area contributed by atoms with E-state index in [2.05, 4.69) is 17.9 Å². The first kappa shape index (κ1) is 12.8. The molecule has 0 spiro atoms. The highest BCUT2D eigenvalue weighted by atomic mass is 16.6. The van der Waals surface area contributed by atoms with Gasteiger partial charge in [0.05, 0.1) is 18.9 Å². The van der Waals surface area contributed by atoms with E-state index in [0.29, 0.717) is 0 Å². The molecule has 1 atom stereocenters. The molecule has 0 saturated heterocycles. The Kier molecular flexibility index (Phi) is 4.28. The van der Waals surface area contributed by atoms with E-state index >= 15 is 0 Å². The second-order valence-corrected chi connectivity index (χ2v) is 3.05. The van der Waals surface area contributed by atoms with Gasteiger partial charge < -0.3 is 13.9 Å². The van der Waals surface area contributed by atoms with Crippen molar-refractivity contribution in [3.8, 4) is 0 Å². The Morgan fingerprint density at radius 3 is 2.71 bits per heavy atom. The van der Waals surface area contributed by atoms with Crippen molar-refractivity contribution in [2.75, 3.05) is 7.11 Å². The molecule has 0 aliphatic rings. The molecule has 0 saturated carbocycles. The number of ether oxygens (including phenoxy) is 2. The van der Waals surface area contributed by atoms with Crippen LogP contribution in [0.1, 0.15) is 11.9 Å². The van der Waals surface area contributed by atoms with E-state index in [0.717, 1.165) is 6.08 Å². The van der Waals surface area contributed by atoms with Gasteiger partial charge in [0, 0.05) is 6.08 Å². The van der Waals surface area contributed by atoms with Gasteiger partial charge >= 0.3 is 11.9 Å². The first-order chi connectivity index (χ1) is 8.10. The summed E-state index contributed by atoms with van der Waals surface area (Å²) >= 11 is 0. The number of hydrogen-bond donors (Lipinski definition) is 0. The molecule has 1 heterocycles. The van der Waals surface area contributed by atoms with E-state index in [-0.39, 0.29) is 11.3 Å². The molecule has 0 bridgehead atoms. The molecule has 0 fully saturated rings. The number of esters is 2. The molecule has 0 N–H and O–H groups in total. The summed E-state index contributed by atoms with van der Waals surface area (Å²) in [5.41, 5.74) is -0.0300. The van der Waals surface area contributed by atoms with Crippen molar-refractivity contribution in [1.82, 2.24) is 0 Å². The third-order valence-corrected chi connectivity index (χ3v) is 1.97. The summed E-state index contributed by atoms with van der Waals surface area (Å²) < 4.78 is 14.6. The lowest BCUT2D eigenvalue weighted by Crippen LogP contribution is -2.17. The molecule has 1 unspecified atom stereocenters. The van der Waals surface area contributed by atoms with Gasteiger partial charge in [-0.3, -0.25) is 0 Å². The highest BCUT2D eigenvalue weighted by Gasteiger charge is 2.27. The third kappa shape index (κ3) is 3.07. The van der Waals surface area contributed by atoms with Crippen LogP contribution in [-0.4, -0.2) is 19.0 Å². The second-order valence-electron chi connectivity index (χ2n) is 3.05. The molecule has 0 aliphatic heterocycles. The van der Waals surface area contributed by atoms with Crippen molar-refractivity contribution in [3.05, 3.63) is 49.0 Å². The standard InChI is InChI=1S/C12H12O5/c1-4-10(13)17-11(8(2)12(14)15-3)9-6-5-7-16-9/h4-7,11H,1-2H2,3H3. The predicted molar refractivity (Wildman–Crippen MR) is 58.9 cm³/mol. The molecule has 90 valence electrons. The van der Waals surface area contributed by atoms with Crippen molar-refractivity contribution >= 4 is 11.9 Å². The largest absolute Gasteiger partial charge is 0.466 e. The lowest BCUT2D eigenvalue weighted by molar-refractivity contribution is -0.145. The number of carbonyl (C=O) groups is 2. The lowest BCUT2D eigenvalue weighted by Gasteiger charge is -2.15. The first-order valence-corrected chi connectivity index (χ1v) is 4.73. The van der Waals surface area contributed by atoms with Gasteiger partial charge in [0.15, 0.2) is 6.10 Å². The monoisotopic (exact) mass is 236 g/mol. The van der Waals surface area contributed by atoms with Gasteiger partial charge in [-0.05, 0) is 12.1 Å². The van der Waals surface area contributed by atoms with Gasteiger partial charge in [-0.15, -0.1) is 0 Å².